The number of aromatic amines is 1. The molecule has 1 fully saturated rings. The molecule has 15 heavy (non-hydrogen) atoms. The van der Waals surface area contributed by atoms with E-state index in [0.29, 0.717) is 12.5 Å². The van der Waals surface area contributed by atoms with E-state index in [1.807, 2.05) is 23.4 Å². The molecular formula is C11H17N3O. The minimum absolute atomic E-state index is 0.225. The maximum absolute atomic E-state index is 11.9. The normalized spacial score (nSPS) is 21.7. The monoisotopic (exact) mass is 207 g/mol. The van der Waals surface area contributed by atoms with Crippen molar-refractivity contribution in [1.29, 1.82) is 0 Å². The van der Waals surface area contributed by atoms with E-state index in [0.717, 1.165) is 25.2 Å². The van der Waals surface area contributed by atoms with E-state index in [1.54, 1.807) is 0 Å². The first kappa shape index (κ1) is 10.2. The smallest absolute Gasteiger partial charge is 0.227 e. The van der Waals surface area contributed by atoms with Crippen LogP contribution in [-0.2, 0) is 11.2 Å². The molecule has 2 rings (SSSR count). The highest BCUT2D eigenvalue weighted by Crippen LogP contribution is 2.04. The Morgan fingerprint density at radius 3 is 3.20 bits per heavy atom. The summed E-state index contributed by atoms with van der Waals surface area (Å²) in [6.07, 6.45) is 4.24. The second kappa shape index (κ2) is 4.49. The van der Waals surface area contributed by atoms with E-state index < -0.39 is 0 Å². The quantitative estimate of drug-likeness (QED) is 0.736. The Bertz CT molecular complexity index is 321. The molecule has 2 N–H and O–H groups in total. The number of carbonyl (C=O) groups excluding carboxylic acids is 1. The van der Waals surface area contributed by atoms with Gasteiger partial charge < -0.3 is 15.2 Å². The predicted octanol–water partition coefficient (Wildman–Crippen LogP) is 0.378. The number of aromatic nitrogens is 1. The Kier molecular flexibility index (Phi) is 3.06. The molecule has 82 valence electrons. The molecule has 1 unspecified atom stereocenters. The summed E-state index contributed by atoms with van der Waals surface area (Å²) in [7, 11) is 0. The molecule has 2 heterocycles. The number of nitrogens with zero attached hydrogens (tertiary/aromatic N) is 1. The number of nitrogens with one attached hydrogen (secondary N) is 2. The standard InChI is InChI=1S/C11H17N3O/c1-9-8-14(5-4-13-9)11(15)6-10-2-3-12-7-10/h2-3,7,9,12-13H,4-6,8H2,1H3. The van der Waals surface area contributed by atoms with Gasteiger partial charge in [-0.25, -0.2) is 0 Å². The van der Waals surface area contributed by atoms with Crippen LogP contribution in [0.25, 0.3) is 0 Å². The number of hydrogen-bond donors (Lipinski definition) is 2. The summed E-state index contributed by atoms with van der Waals surface area (Å²) in [6, 6.07) is 2.36. The van der Waals surface area contributed by atoms with Crippen LogP contribution in [0.4, 0.5) is 0 Å². The Morgan fingerprint density at radius 2 is 2.53 bits per heavy atom. The fourth-order valence-electron chi connectivity index (χ4n) is 1.91. The Hall–Kier alpha value is -1.29. The van der Waals surface area contributed by atoms with Crippen molar-refractivity contribution in [3.63, 3.8) is 0 Å². The zero-order valence-corrected chi connectivity index (χ0v) is 8.99. The van der Waals surface area contributed by atoms with E-state index >= 15 is 0 Å². The number of rotatable bonds is 2. The number of piperazine rings is 1. The third-order valence-corrected chi connectivity index (χ3v) is 2.74. The summed E-state index contributed by atoms with van der Waals surface area (Å²) in [6.45, 7) is 4.66. The molecule has 1 aromatic rings. The summed E-state index contributed by atoms with van der Waals surface area (Å²) >= 11 is 0. The zero-order chi connectivity index (χ0) is 10.7. The summed E-state index contributed by atoms with van der Waals surface area (Å²) in [5.74, 6) is 0.225. The summed E-state index contributed by atoms with van der Waals surface area (Å²) in [5, 5.41) is 3.33. The number of H-pyrrole nitrogens is 1. The molecule has 1 amide bonds. The van der Waals surface area contributed by atoms with Gasteiger partial charge in [-0.15, -0.1) is 0 Å². The molecule has 0 spiro atoms. The average molecular weight is 207 g/mol. The van der Waals surface area contributed by atoms with Crippen molar-refractivity contribution in [2.75, 3.05) is 19.6 Å². The van der Waals surface area contributed by atoms with Crippen LogP contribution in [-0.4, -0.2) is 41.5 Å². The SMILES string of the molecule is CC1CN(C(=O)Cc2cc[nH]c2)CCN1. The van der Waals surface area contributed by atoms with E-state index in [4.69, 9.17) is 0 Å². The molecule has 0 aliphatic carbocycles. The number of amides is 1. The van der Waals surface area contributed by atoms with Crippen molar-refractivity contribution in [3.05, 3.63) is 24.0 Å². The first-order valence-electron chi connectivity index (χ1n) is 5.38. The minimum atomic E-state index is 0.225. The lowest BCUT2D eigenvalue weighted by Gasteiger charge is -2.31. The fraction of sp³-hybridized carbons (Fsp3) is 0.545. The lowest BCUT2D eigenvalue weighted by atomic mass is 10.2. The van der Waals surface area contributed by atoms with E-state index in [-0.39, 0.29) is 5.91 Å². The lowest BCUT2D eigenvalue weighted by molar-refractivity contribution is -0.131. The molecule has 1 aliphatic heterocycles. The van der Waals surface area contributed by atoms with Gasteiger partial charge in [-0.3, -0.25) is 4.79 Å². The van der Waals surface area contributed by atoms with Crippen LogP contribution in [0.15, 0.2) is 18.5 Å². The van der Waals surface area contributed by atoms with E-state index in [2.05, 4.69) is 17.2 Å². The van der Waals surface area contributed by atoms with Crippen molar-refractivity contribution in [2.45, 2.75) is 19.4 Å². The summed E-state index contributed by atoms with van der Waals surface area (Å²) in [5.41, 5.74) is 1.06. The maximum Gasteiger partial charge on any atom is 0.227 e. The Morgan fingerprint density at radius 1 is 1.67 bits per heavy atom. The van der Waals surface area contributed by atoms with Crippen LogP contribution in [0.5, 0.6) is 0 Å². The highest BCUT2D eigenvalue weighted by Gasteiger charge is 2.20. The second-order valence-electron chi connectivity index (χ2n) is 4.09. The van der Waals surface area contributed by atoms with E-state index in [9.17, 15) is 4.79 Å². The highest BCUT2D eigenvalue weighted by molar-refractivity contribution is 5.78. The van der Waals surface area contributed by atoms with Gasteiger partial charge in [0.2, 0.25) is 5.91 Å². The van der Waals surface area contributed by atoms with Gasteiger partial charge in [0.05, 0.1) is 6.42 Å². The van der Waals surface area contributed by atoms with Crippen molar-refractivity contribution in [1.82, 2.24) is 15.2 Å². The molecule has 1 aromatic heterocycles. The highest BCUT2D eigenvalue weighted by atomic mass is 16.2. The molecule has 1 aliphatic rings. The maximum atomic E-state index is 11.9. The fourth-order valence-corrected chi connectivity index (χ4v) is 1.91. The Labute approximate surface area is 89.7 Å². The lowest BCUT2D eigenvalue weighted by Crippen LogP contribution is -2.51. The third-order valence-electron chi connectivity index (χ3n) is 2.74. The first-order chi connectivity index (χ1) is 7.25. The van der Waals surface area contributed by atoms with Gasteiger partial charge in [0.1, 0.15) is 0 Å². The largest absolute Gasteiger partial charge is 0.367 e. The number of hydrogen-bond acceptors (Lipinski definition) is 2. The predicted molar refractivity (Wildman–Crippen MR) is 58.5 cm³/mol. The first-order valence-corrected chi connectivity index (χ1v) is 5.38. The van der Waals surface area contributed by atoms with Gasteiger partial charge in [0, 0.05) is 38.1 Å². The Balaban J connectivity index is 1.90. The van der Waals surface area contributed by atoms with Crippen molar-refractivity contribution >= 4 is 5.91 Å². The molecule has 0 radical (unpaired) electrons. The molecule has 4 nitrogen and oxygen atoms in total. The average Bonchev–Trinajstić information content (AvgIpc) is 2.70. The van der Waals surface area contributed by atoms with Crippen LogP contribution in [0, 0.1) is 0 Å². The van der Waals surface area contributed by atoms with E-state index in [1.165, 1.54) is 0 Å². The van der Waals surface area contributed by atoms with Gasteiger partial charge in [0.15, 0.2) is 0 Å². The molecule has 1 atom stereocenters. The second-order valence-corrected chi connectivity index (χ2v) is 4.09. The van der Waals surface area contributed by atoms with Crippen LogP contribution in [0.2, 0.25) is 0 Å². The molecule has 0 bridgehead atoms. The minimum Gasteiger partial charge on any atom is -0.367 e. The van der Waals surface area contributed by atoms with Gasteiger partial charge in [0.25, 0.3) is 0 Å². The third kappa shape index (κ3) is 2.59. The van der Waals surface area contributed by atoms with Crippen LogP contribution in [0.1, 0.15) is 12.5 Å². The van der Waals surface area contributed by atoms with Gasteiger partial charge >= 0.3 is 0 Å². The van der Waals surface area contributed by atoms with Crippen molar-refractivity contribution < 1.29 is 4.79 Å². The zero-order valence-electron chi connectivity index (χ0n) is 8.99. The molecule has 0 saturated carbocycles. The van der Waals surface area contributed by atoms with Gasteiger partial charge in [-0.2, -0.15) is 0 Å². The van der Waals surface area contributed by atoms with Crippen molar-refractivity contribution in [2.24, 2.45) is 0 Å². The van der Waals surface area contributed by atoms with Crippen LogP contribution >= 0.6 is 0 Å². The molecular weight excluding hydrogens is 190 g/mol. The van der Waals surface area contributed by atoms with Gasteiger partial charge in [-0.05, 0) is 18.6 Å². The molecule has 0 aromatic carbocycles. The van der Waals surface area contributed by atoms with Crippen LogP contribution in [0.3, 0.4) is 0 Å². The molecule has 1 saturated heterocycles. The summed E-state index contributed by atoms with van der Waals surface area (Å²) in [4.78, 5) is 16.8. The topological polar surface area (TPSA) is 48.1 Å². The number of carbonyl (C=O) groups is 1. The van der Waals surface area contributed by atoms with Gasteiger partial charge in [-0.1, -0.05) is 0 Å². The molecule has 4 heteroatoms. The van der Waals surface area contributed by atoms with Crippen molar-refractivity contribution in [3.8, 4) is 0 Å². The summed E-state index contributed by atoms with van der Waals surface area (Å²) < 4.78 is 0. The van der Waals surface area contributed by atoms with Crippen LogP contribution < -0.4 is 5.32 Å².